The van der Waals surface area contributed by atoms with Gasteiger partial charge in [-0.15, -0.1) is 0 Å². The SMILES string of the molecule is Cc1ccc(C(=O)N(C(C)C)C2CCCCC2)cc1[N+](=O)[O-].Cc1ccc(C(=O)O)cc1[N+](=O)[O-]. The molecular weight excluding hydrogens is 454 g/mol. The van der Waals surface area contributed by atoms with Gasteiger partial charge < -0.3 is 10.0 Å². The summed E-state index contributed by atoms with van der Waals surface area (Å²) in [6, 6.07) is 8.92. The van der Waals surface area contributed by atoms with Crippen LogP contribution in [-0.2, 0) is 0 Å². The summed E-state index contributed by atoms with van der Waals surface area (Å²) in [7, 11) is 0. The molecule has 35 heavy (non-hydrogen) atoms. The zero-order valence-corrected chi connectivity index (χ0v) is 20.4. The summed E-state index contributed by atoms with van der Waals surface area (Å²) < 4.78 is 0. The Bertz CT molecular complexity index is 1110. The standard InChI is InChI=1S/C17H24N2O3.C8H7NO4/c1-12(2)18(15-7-5-4-6-8-15)17(20)14-10-9-13(3)16(11-14)19(21)22;1-5-2-3-6(8(10)11)4-7(5)9(12)13/h9-12,15H,4-8H2,1-3H3;2-4H,1H3,(H,10,11). The number of carboxylic acids is 1. The number of nitro groups is 2. The van der Waals surface area contributed by atoms with Crippen LogP contribution in [-0.4, -0.2) is 43.8 Å². The molecule has 2 aromatic rings. The predicted octanol–water partition coefficient (Wildman–Crippen LogP) is 5.69. The van der Waals surface area contributed by atoms with Gasteiger partial charge in [0.05, 0.1) is 15.4 Å². The fourth-order valence-electron chi connectivity index (χ4n) is 4.21. The number of carbonyl (C=O) groups is 2. The van der Waals surface area contributed by atoms with Gasteiger partial charge in [-0.2, -0.15) is 0 Å². The van der Waals surface area contributed by atoms with Crippen LogP contribution in [0.2, 0.25) is 0 Å². The first kappa shape index (κ1) is 27.4. The molecule has 0 radical (unpaired) electrons. The average molecular weight is 486 g/mol. The molecule has 1 fully saturated rings. The molecule has 2 aromatic carbocycles. The van der Waals surface area contributed by atoms with Crippen molar-refractivity contribution in [2.24, 2.45) is 0 Å². The Hall–Kier alpha value is -3.82. The first-order valence-electron chi connectivity index (χ1n) is 11.5. The molecule has 0 heterocycles. The second-order valence-electron chi connectivity index (χ2n) is 8.92. The monoisotopic (exact) mass is 485 g/mol. The zero-order chi connectivity index (χ0) is 26.3. The first-order valence-corrected chi connectivity index (χ1v) is 11.5. The van der Waals surface area contributed by atoms with Crippen molar-refractivity contribution in [3.05, 3.63) is 78.9 Å². The quantitative estimate of drug-likeness (QED) is 0.409. The molecule has 10 heteroatoms. The molecule has 0 bridgehead atoms. The van der Waals surface area contributed by atoms with Gasteiger partial charge in [0.15, 0.2) is 0 Å². The molecule has 0 aliphatic heterocycles. The number of hydrogen-bond acceptors (Lipinski definition) is 6. The molecule has 1 aliphatic rings. The molecule has 0 spiro atoms. The lowest BCUT2D eigenvalue weighted by Gasteiger charge is -2.37. The Morgan fingerprint density at radius 2 is 1.34 bits per heavy atom. The molecule has 3 rings (SSSR count). The molecule has 0 unspecified atom stereocenters. The molecule has 0 saturated heterocycles. The van der Waals surface area contributed by atoms with Gasteiger partial charge in [0, 0.05) is 40.9 Å². The van der Waals surface area contributed by atoms with Crippen LogP contribution < -0.4 is 0 Å². The average Bonchev–Trinajstić information content (AvgIpc) is 2.80. The van der Waals surface area contributed by atoms with Gasteiger partial charge in [-0.1, -0.05) is 31.4 Å². The van der Waals surface area contributed by atoms with E-state index in [2.05, 4.69) is 0 Å². The van der Waals surface area contributed by atoms with Gasteiger partial charge in [-0.3, -0.25) is 25.0 Å². The largest absolute Gasteiger partial charge is 0.478 e. The topological polar surface area (TPSA) is 144 Å². The minimum atomic E-state index is -1.16. The van der Waals surface area contributed by atoms with Gasteiger partial charge in [-0.25, -0.2) is 4.79 Å². The molecular formula is C25H31N3O7. The number of carboxylic acid groups (broad SMARTS) is 1. The number of nitrogens with zero attached hydrogens (tertiary/aromatic N) is 3. The highest BCUT2D eigenvalue weighted by Gasteiger charge is 2.29. The van der Waals surface area contributed by atoms with Crippen molar-refractivity contribution in [1.82, 2.24) is 4.90 Å². The molecule has 1 amide bonds. The minimum Gasteiger partial charge on any atom is -0.478 e. The fourth-order valence-corrected chi connectivity index (χ4v) is 4.21. The van der Waals surface area contributed by atoms with Gasteiger partial charge in [-0.05, 0) is 52.7 Å². The second kappa shape index (κ2) is 12.0. The van der Waals surface area contributed by atoms with E-state index in [1.807, 2.05) is 18.7 Å². The minimum absolute atomic E-state index is 0.0122. The summed E-state index contributed by atoms with van der Waals surface area (Å²) in [5.74, 6) is -1.26. The van der Waals surface area contributed by atoms with Crippen molar-refractivity contribution in [2.45, 2.75) is 71.9 Å². The van der Waals surface area contributed by atoms with Crippen molar-refractivity contribution >= 4 is 23.3 Å². The van der Waals surface area contributed by atoms with E-state index < -0.39 is 15.8 Å². The zero-order valence-electron chi connectivity index (χ0n) is 20.4. The summed E-state index contributed by atoms with van der Waals surface area (Å²) in [5, 5.41) is 30.1. The molecule has 0 atom stereocenters. The van der Waals surface area contributed by atoms with E-state index in [4.69, 9.17) is 5.11 Å². The molecule has 0 aromatic heterocycles. The Morgan fingerprint density at radius 1 is 0.886 bits per heavy atom. The Kier molecular flexibility index (Phi) is 9.44. The number of aromatic carboxylic acids is 1. The van der Waals surface area contributed by atoms with E-state index in [1.165, 1.54) is 24.6 Å². The van der Waals surface area contributed by atoms with Gasteiger partial charge in [0.25, 0.3) is 17.3 Å². The van der Waals surface area contributed by atoms with Crippen LogP contribution in [0.15, 0.2) is 36.4 Å². The van der Waals surface area contributed by atoms with Gasteiger partial charge in [0.1, 0.15) is 0 Å². The van der Waals surface area contributed by atoms with Crippen molar-refractivity contribution in [1.29, 1.82) is 0 Å². The summed E-state index contributed by atoms with van der Waals surface area (Å²) in [6.07, 6.45) is 5.58. The molecule has 188 valence electrons. The summed E-state index contributed by atoms with van der Waals surface area (Å²) in [6.45, 7) is 7.27. The van der Waals surface area contributed by atoms with E-state index in [-0.39, 0.29) is 34.9 Å². The lowest BCUT2D eigenvalue weighted by atomic mass is 9.92. The smallest absolute Gasteiger partial charge is 0.335 e. The number of carbonyl (C=O) groups excluding carboxylic acids is 1. The Balaban J connectivity index is 0.000000283. The number of aryl methyl sites for hydroxylation is 2. The maximum Gasteiger partial charge on any atom is 0.335 e. The Morgan fingerprint density at radius 3 is 1.77 bits per heavy atom. The van der Waals surface area contributed by atoms with Crippen LogP contribution in [0.25, 0.3) is 0 Å². The van der Waals surface area contributed by atoms with Crippen LogP contribution >= 0.6 is 0 Å². The second-order valence-corrected chi connectivity index (χ2v) is 8.92. The van der Waals surface area contributed by atoms with Crippen molar-refractivity contribution in [3.63, 3.8) is 0 Å². The highest BCUT2D eigenvalue weighted by Crippen LogP contribution is 2.27. The highest BCUT2D eigenvalue weighted by atomic mass is 16.6. The van der Waals surface area contributed by atoms with Crippen LogP contribution in [0.4, 0.5) is 11.4 Å². The van der Waals surface area contributed by atoms with E-state index in [0.29, 0.717) is 16.7 Å². The maximum atomic E-state index is 12.9. The molecule has 1 saturated carbocycles. The molecule has 10 nitrogen and oxygen atoms in total. The summed E-state index contributed by atoms with van der Waals surface area (Å²) in [5.41, 5.74) is 1.22. The van der Waals surface area contributed by atoms with Crippen molar-refractivity contribution < 1.29 is 24.5 Å². The highest BCUT2D eigenvalue weighted by molar-refractivity contribution is 5.95. The van der Waals surface area contributed by atoms with E-state index in [1.54, 1.807) is 26.0 Å². The lowest BCUT2D eigenvalue weighted by Crippen LogP contribution is -2.45. The molecule has 1 aliphatic carbocycles. The van der Waals surface area contributed by atoms with Crippen LogP contribution in [0, 0.1) is 34.1 Å². The number of benzene rings is 2. The van der Waals surface area contributed by atoms with Gasteiger partial charge in [0.2, 0.25) is 0 Å². The fraction of sp³-hybridized carbons (Fsp3) is 0.440. The van der Waals surface area contributed by atoms with E-state index in [9.17, 15) is 29.8 Å². The third-order valence-electron chi connectivity index (χ3n) is 6.06. The van der Waals surface area contributed by atoms with Crippen molar-refractivity contribution in [3.8, 4) is 0 Å². The van der Waals surface area contributed by atoms with E-state index in [0.717, 1.165) is 31.7 Å². The van der Waals surface area contributed by atoms with Crippen LogP contribution in [0.3, 0.4) is 0 Å². The normalized spacial score (nSPS) is 13.5. The third kappa shape index (κ3) is 7.08. The first-order chi connectivity index (χ1) is 16.4. The van der Waals surface area contributed by atoms with Crippen molar-refractivity contribution in [2.75, 3.05) is 0 Å². The maximum absolute atomic E-state index is 12.9. The van der Waals surface area contributed by atoms with Crippen LogP contribution in [0.5, 0.6) is 0 Å². The number of rotatable bonds is 6. The lowest BCUT2D eigenvalue weighted by molar-refractivity contribution is -0.385. The summed E-state index contributed by atoms with van der Waals surface area (Å²) >= 11 is 0. The number of amides is 1. The number of nitro benzene ring substituents is 2. The molecule has 1 N–H and O–H groups in total. The third-order valence-corrected chi connectivity index (χ3v) is 6.06. The number of hydrogen-bond donors (Lipinski definition) is 1. The van der Waals surface area contributed by atoms with Crippen LogP contribution in [0.1, 0.15) is 77.8 Å². The predicted molar refractivity (Wildman–Crippen MR) is 131 cm³/mol. The summed E-state index contributed by atoms with van der Waals surface area (Å²) in [4.78, 5) is 45.7. The van der Waals surface area contributed by atoms with E-state index >= 15 is 0 Å². The van der Waals surface area contributed by atoms with Gasteiger partial charge >= 0.3 is 5.97 Å². The Labute approximate surface area is 203 Å².